The first kappa shape index (κ1) is 20.9. The van der Waals surface area contributed by atoms with Crippen molar-refractivity contribution >= 4 is 39.3 Å². The molecule has 2 atom stereocenters. The van der Waals surface area contributed by atoms with Crippen LogP contribution in [-0.4, -0.2) is 31.5 Å². The summed E-state index contributed by atoms with van der Waals surface area (Å²) in [6, 6.07) is 7.09. The van der Waals surface area contributed by atoms with Crippen LogP contribution in [0, 0.1) is 17.3 Å². The first-order valence-corrected chi connectivity index (χ1v) is 10.3. The molecule has 158 valence electrons. The SMILES string of the molecule is C[C@]1(CF)C[C@@](C)(c2cc(Nc3nccc4cc(C#N)cnc34)cnc2F)N=C(N)S1. The fraction of sp³-hybridized carbons (Fsp3) is 0.286. The molecule has 31 heavy (non-hydrogen) atoms. The molecule has 1 aliphatic heterocycles. The van der Waals surface area contributed by atoms with Gasteiger partial charge in [-0.2, -0.15) is 9.65 Å². The minimum absolute atomic E-state index is 0.208. The van der Waals surface area contributed by atoms with Gasteiger partial charge in [0.05, 0.1) is 27.7 Å². The monoisotopic (exact) mass is 439 g/mol. The van der Waals surface area contributed by atoms with Crippen molar-refractivity contribution in [3.63, 3.8) is 0 Å². The highest BCUT2D eigenvalue weighted by molar-refractivity contribution is 8.15. The first-order valence-electron chi connectivity index (χ1n) is 9.43. The van der Waals surface area contributed by atoms with E-state index >= 15 is 0 Å². The van der Waals surface area contributed by atoms with E-state index in [2.05, 4.69) is 31.3 Å². The van der Waals surface area contributed by atoms with Gasteiger partial charge in [0.2, 0.25) is 5.95 Å². The van der Waals surface area contributed by atoms with Gasteiger partial charge in [0, 0.05) is 23.3 Å². The third-order valence-corrected chi connectivity index (χ3v) is 6.17. The molecule has 3 N–H and O–H groups in total. The number of fused-ring (bicyclic) bond motifs is 1. The number of amidine groups is 1. The highest BCUT2D eigenvalue weighted by Crippen LogP contribution is 2.46. The normalized spacial score (nSPS) is 23.3. The van der Waals surface area contributed by atoms with E-state index in [1.165, 1.54) is 12.4 Å². The summed E-state index contributed by atoms with van der Waals surface area (Å²) in [5, 5.41) is 13.1. The second kappa shape index (κ2) is 7.74. The highest BCUT2D eigenvalue weighted by atomic mass is 32.2. The molecule has 3 aromatic heterocycles. The number of nitrogens with two attached hydrogens (primary N) is 1. The first-order chi connectivity index (χ1) is 14.7. The lowest BCUT2D eigenvalue weighted by Crippen LogP contribution is -2.42. The van der Waals surface area contributed by atoms with Crippen molar-refractivity contribution in [1.82, 2.24) is 15.0 Å². The smallest absolute Gasteiger partial charge is 0.218 e. The summed E-state index contributed by atoms with van der Waals surface area (Å²) in [6.07, 6.45) is 4.64. The highest BCUT2D eigenvalue weighted by Gasteiger charge is 2.43. The molecule has 0 bridgehead atoms. The zero-order valence-corrected chi connectivity index (χ0v) is 17.7. The van der Waals surface area contributed by atoms with E-state index in [0.717, 1.165) is 17.1 Å². The maximum Gasteiger partial charge on any atom is 0.218 e. The van der Waals surface area contributed by atoms with Gasteiger partial charge in [0.15, 0.2) is 11.0 Å². The van der Waals surface area contributed by atoms with E-state index in [4.69, 9.17) is 11.0 Å². The average molecular weight is 439 g/mol. The topological polar surface area (TPSA) is 113 Å². The van der Waals surface area contributed by atoms with Crippen LogP contribution in [0.2, 0.25) is 0 Å². The predicted octanol–water partition coefficient (Wildman–Crippen LogP) is 4.17. The molecule has 4 heterocycles. The van der Waals surface area contributed by atoms with Crippen LogP contribution in [0.4, 0.5) is 20.3 Å². The summed E-state index contributed by atoms with van der Waals surface area (Å²) in [6.45, 7) is 2.84. The van der Waals surface area contributed by atoms with E-state index in [1.54, 1.807) is 38.2 Å². The van der Waals surface area contributed by atoms with E-state index < -0.39 is 22.9 Å². The Hall–Kier alpha value is -3.32. The van der Waals surface area contributed by atoms with Crippen molar-refractivity contribution in [3.8, 4) is 6.07 Å². The fourth-order valence-corrected chi connectivity index (χ4v) is 4.96. The average Bonchev–Trinajstić information content (AvgIpc) is 2.74. The summed E-state index contributed by atoms with van der Waals surface area (Å²) in [5.41, 5.74) is 6.54. The zero-order valence-electron chi connectivity index (χ0n) is 16.9. The van der Waals surface area contributed by atoms with E-state index in [-0.39, 0.29) is 17.2 Å². The number of alkyl halides is 1. The van der Waals surface area contributed by atoms with Crippen LogP contribution in [0.1, 0.15) is 31.4 Å². The Morgan fingerprint density at radius 1 is 1.26 bits per heavy atom. The fourth-order valence-electron chi connectivity index (χ4n) is 3.80. The number of anilines is 2. The van der Waals surface area contributed by atoms with Crippen molar-refractivity contribution in [2.45, 2.75) is 30.6 Å². The van der Waals surface area contributed by atoms with Gasteiger partial charge in [0.25, 0.3) is 0 Å². The van der Waals surface area contributed by atoms with E-state index in [9.17, 15) is 8.78 Å². The van der Waals surface area contributed by atoms with Gasteiger partial charge >= 0.3 is 0 Å². The van der Waals surface area contributed by atoms with Crippen LogP contribution in [0.15, 0.2) is 41.8 Å². The molecule has 0 aliphatic carbocycles. The summed E-state index contributed by atoms with van der Waals surface area (Å²) >= 11 is 1.16. The Morgan fingerprint density at radius 3 is 2.81 bits per heavy atom. The lowest BCUT2D eigenvalue weighted by molar-refractivity contribution is 0.316. The number of aliphatic imine (C=N–C) groups is 1. The number of thioether (sulfide) groups is 1. The van der Waals surface area contributed by atoms with Crippen LogP contribution < -0.4 is 11.1 Å². The number of halogens is 2. The molecule has 10 heteroatoms. The van der Waals surface area contributed by atoms with E-state index in [0.29, 0.717) is 22.6 Å². The van der Waals surface area contributed by atoms with Crippen molar-refractivity contribution in [3.05, 3.63) is 53.9 Å². The van der Waals surface area contributed by atoms with Crippen LogP contribution in [0.3, 0.4) is 0 Å². The van der Waals surface area contributed by atoms with Gasteiger partial charge in [-0.15, -0.1) is 0 Å². The Balaban J connectivity index is 1.74. The Kier molecular flexibility index (Phi) is 5.23. The number of aromatic nitrogens is 3. The molecule has 0 aromatic carbocycles. The minimum atomic E-state index is -1.07. The standard InChI is InChI=1S/C21H19F2N7S/c1-20(11-22)10-21(2,30-19(25)31-20)15-6-14(9-28-17(15)23)29-18-16-13(3-4-26-18)5-12(7-24)8-27-16/h3-6,8-9H,10-11H2,1-2H3,(H2,25,30)(H,26,29)/t20-,21+/m1/s1. The molecule has 0 radical (unpaired) electrons. The van der Waals surface area contributed by atoms with Crippen LogP contribution in [-0.2, 0) is 5.54 Å². The number of hydrogen-bond donors (Lipinski definition) is 2. The molecule has 4 rings (SSSR count). The van der Waals surface area contributed by atoms with Gasteiger partial charge in [-0.3, -0.25) is 9.98 Å². The number of nitriles is 1. The van der Waals surface area contributed by atoms with Crippen LogP contribution in [0.5, 0.6) is 0 Å². The number of nitrogens with one attached hydrogen (secondary N) is 1. The second-order valence-electron chi connectivity index (χ2n) is 7.84. The molecule has 0 unspecified atom stereocenters. The second-order valence-corrected chi connectivity index (χ2v) is 9.45. The molecule has 0 saturated carbocycles. The molecule has 3 aromatic rings. The minimum Gasteiger partial charge on any atom is -0.378 e. The maximum atomic E-state index is 14.7. The lowest BCUT2D eigenvalue weighted by Gasteiger charge is -2.39. The van der Waals surface area contributed by atoms with E-state index in [1.807, 2.05) is 0 Å². The van der Waals surface area contributed by atoms with Crippen molar-refractivity contribution in [1.29, 1.82) is 5.26 Å². The predicted molar refractivity (Wildman–Crippen MR) is 117 cm³/mol. The number of rotatable bonds is 4. The zero-order chi connectivity index (χ0) is 22.2. The van der Waals surface area contributed by atoms with Crippen LogP contribution >= 0.6 is 11.8 Å². The number of nitrogens with zero attached hydrogens (tertiary/aromatic N) is 5. The molecule has 0 saturated heterocycles. The molecule has 1 aliphatic rings. The molecule has 7 nitrogen and oxygen atoms in total. The Bertz CT molecular complexity index is 1240. The number of pyridine rings is 3. The van der Waals surface area contributed by atoms with Gasteiger partial charge in [-0.1, -0.05) is 11.8 Å². The van der Waals surface area contributed by atoms with Gasteiger partial charge in [0.1, 0.15) is 18.3 Å². The lowest BCUT2D eigenvalue weighted by atomic mass is 9.84. The molecule has 0 spiro atoms. The van der Waals surface area contributed by atoms with Crippen molar-refractivity contribution < 1.29 is 8.78 Å². The summed E-state index contributed by atoms with van der Waals surface area (Å²) < 4.78 is 27.6. The largest absolute Gasteiger partial charge is 0.378 e. The molecule has 0 fully saturated rings. The molecular weight excluding hydrogens is 420 g/mol. The van der Waals surface area contributed by atoms with Crippen molar-refractivity contribution in [2.24, 2.45) is 10.7 Å². The quantitative estimate of drug-likeness (QED) is 0.587. The summed E-state index contributed by atoms with van der Waals surface area (Å²) in [4.78, 5) is 16.9. The van der Waals surface area contributed by atoms with Gasteiger partial charge < -0.3 is 11.1 Å². The third-order valence-electron chi connectivity index (χ3n) is 5.12. The van der Waals surface area contributed by atoms with Crippen molar-refractivity contribution in [2.75, 3.05) is 12.0 Å². The third kappa shape index (κ3) is 4.01. The molecular formula is C21H19F2N7S. The Labute approximate surface area is 181 Å². The van der Waals surface area contributed by atoms with Crippen LogP contribution in [0.25, 0.3) is 10.9 Å². The Morgan fingerprint density at radius 2 is 2.06 bits per heavy atom. The summed E-state index contributed by atoms with van der Waals surface area (Å²) in [7, 11) is 0. The van der Waals surface area contributed by atoms with Gasteiger partial charge in [-0.25, -0.2) is 14.4 Å². The van der Waals surface area contributed by atoms with Gasteiger partial charge in [-0.05, 0) is 38.5 Å². The number of hydrogen-bond acceptors (Lipinski definition) is 8. The summed E-state index contributed by atoms with van der Waals surface area (Å²) in [5.74, 6) is -0.261. The maximum absolute atomic E-state index is 14.7. The molecule has 0 amide bonds.